The lowest BCUT2D eigenvalue weighted by Gasteiger charge is -2.29. The van der Waals surface area contributed by atoms with E-state index in [2.05, 4.69) is 23.7 Å². The number of likely N-dealkylation sites (tertiary alicyclic amines) is 1. The molecule has 0 unspecified atom stereocenters. The van der Waals surface area contributed by atoms with Crippen LogP contribution in [0.1, 0.15) is 20.3 Å². The average Bonchev–Trinajstić information content (AvgIpc) is 3.31. The maximum absolute atomic E-state index is 13.4. The summed E-state index contributed by atoms with van der Waals surface area (Å²) >= 11 is 0. The number of rotatable bonds is 6. The zero-order valence-corrected chi connectivity index (χ0v) is 17.7. The van der Waals surface area contributed by atoms with E-state index in [9.17, 15) is 14.0 Å². The fourth-order valence-electron chi connectivity index (χ4n) is 4.08. The highest BCUT2D eigenvalue weighted by Gasteiger charge is 2.28. The molecule has 1 amide bonds. The van der Waals surface area contributed by atoms with Gasteiger partial charge in [-0.3, -0.25) is 9.69 Å². The van der Waals surface area contributed by atoms with E-state index in [1.807, 2.05) is 24.3 Å². The zero-order chi connectivity index (χ0) is 22.2. The molecule has 0 bridgehead atoms. The predicted molar refractivity (Wildman–Crippen MR) is 118 cm³/mol. The number of nitrogens with one attached hydrogen (secondary N) is 1. The molecule has 7 nitrogen and oxygen atoms in total. The number of hydrogen-bond donors (Lipinski definition) is 2. The van der Waals surface area contributed by atoms with E-state index < -0.39 is 17.8 Å². The Morgan fingerprint density at radius 3 is 2.84 bits per heavy atom. The quantitative estimate of drug-likeness (QED) is 0.632. The molecule has 1 atom stereocenters. The first-order chi connectivity index (χ1) is 14.7. The molecule has 1 saturated heterocycles. The molecule has 0 spiro atoms. The van der Waals surface area contributed by atoms with E-state index >= 15 is 0 Å². The van der Waals surface area contributed by atoms with Crippen LogP contribution in [0.3, 0.4) is 0 Å². The second kappa shape index (κ2) is 8.19. The van der Waals surface area contributed by atoms with Crippen LogP contribution in [-0.4, -0.2) is 52.9 Å². The number of pyridine rings is 1. The Labute approximate surface area is 179 Å². The summed E-state index contributed by atoms with van der Waals surface area (Å²) in [6.45, 7) is 6.81. The first-order valence-electron chi connectivity index (χ1n) is 10.4. The van der Waals surface area contributed by atoms with E-state index in [0.717, 1.165) is 34.3 Å². The maximum atomic E-state index is 13.4. The lowest BCUT2D eigenvalue weighted by molar-refractivity contribution is 0.125. The van der Waals surface area contributed by atoms with Gasteiger partial charge in [-0.05, 0) is 42.8 Å². The molecular formula is C23H27FN4O3. The monoisotopic (exact) mass is 426 g/mol. The summed E-state index contributed by atoms with van der Waals surface area (Å²) in [6, 6.07) is 9.96. The van der Waals surface area contributed by atoms with Crippen molar-refractivity contribution >= 4 is 16.9 Å². The number of fused-ring (bicyclic) bond motifs is 1. The first-order valence-corrected chi connectivity index (χ1v) is 10.4. The third-order valence-electron chi connectivity index (χ3n) is 5.56. The van der Waals surface area contributed by atoms with Crippen LogP contribution in [0.5, 0.6) is 5.75 Å². The average molecular weight is 426 g/mol. The van der Waals surface area contributed by atoms with Crippen molar-refractivity contribution in [1.82, 2.24) is 14.5 Å². The van der Waals surface area contributed by atoms with Gasteiger partial charge < -0.3 is 15.5 Å². The van der Waals surface area contributed by atoms with Crippen LogP contribution in [0, 0.1) is 5.41 Å². The summed E-state index contributed by atoms with van der Waals surface area (Å²) < 4.78 is 20.4. The summed E-state index contributed by atoms with van der Waals surface area (Å²) in [7, 11) is 0. The van der Waals surface area contributed by atoms with Crippen LogP contribution in [0.4, 0.5) is 9.18 Å². The Kier molecular flexibility index (Phi) is 5.58. The van der Waals surface area contributed by atoms with Crippen LogP contribution in [-0.2, 0) is 0 Å². The molecular weight excluding hydrogens is 399 g/mol. The van der Waals surface area contributed by atoms with Crippen LogP contribution in [0.25, 0.3) is 22.2 Å². The van der Waals surface area contributed by atoms with E-state index in [-0.39, 0.29) is 5.41 Å². The van der Waals surface area contributed by atoms with E-state index in [1.165, 1.54) is 6.20 Å². The smallest absolute Gasteiger partial charge is 0.325 e. The van der Waals surface area contributed by atoms with E-state index in [0.29, 0.717) is 30.8 Å². The molecule has 0 aliphatic carbocycles. The van der Waals surface area contributed by atoms with E-state index in [1.54, 1.807) is 12.1 Å². The molecule has 4 rings (SSSR count). The Bertz CT molecular complexity index is 1170. The molecule has 164 valence electrons. The molecule has 1 aliphatic rings. The minimum Gasteiger partial charge on any atom is -0.493 e. The Morgan fingerprint density at radius 1 is 1.32 bits per heavy atom. The number of aromatic nitrogens is 2. The molecule has 1 fully saturated rings. The van der Waals surface area contributed by atoms with Crippen LogP contribution >= 0.6 is 0 Å². The number of hydrogen-bond acceptors (Lipinski definition) is 4. The molecule has 1 aromatic carbocycles. The number of nitrogens with two attached hydrogens (primary N) is 1. The highest BCUT2D eigenvalue weighted by atomic mass is 19.1. The minimum atomic E-state index is -0.822. The van der Waals surface area contributed by atoms with Gasteiger partial charge >= 0.3 is 6.03 Å². The highest BCUT2D eigenvalue weighted by Crippen LogP contribution is 2.28. The van der Waals surface area contributed by atoms with Crippen LogP contribution in [0.15, 0.2) is 47.4 Å². The van der Waals surface area contributed by atoms with Crippen molar-refractivity contribution in [3.8, 4) is 17.0 Å². The van der Waals surface area contributed by atoms with Gasteiger partial charge in [-0.25, -0.2) is 13.8 Å². The Morgan fingerprint density at radius 2 is 2.13 bits per heavy atom. The van der Waals surface area contributed by atoms with Gasteiger partial charge in [-0.15, -0.1) is 0 Å². The molecule has 2 aromatic heterocycles. The Balaban J connectivity index is 1.50. The first kappa shape index (κ1) is 21.1. The molecule has 8 heteroatoms. The fraction of sp³-hybridized carbons (Fsp3) is 0.391. The molecule has 3 heterocycles. The second-order valence-electron chi connectivity index (χ2n) is 8.94. The minimum absolute atomic E-state index is 0.119. The number of nitrogens with zero attached hydrogens (tertiary/aromatic N) is 2. The van der Waals surface area contributed by atoms with Gasteiger partial charge in [0.15, 0.2) is 0 Å². The lowest BCUT2D eigenvalue weighted by Crippen LogP contribution is -2.36. The molecule has 31 heavy (non-hydrogen) atoms. The topological polar surface area (TPSA) is 93.3 Å². The number of carbonyl (C=O) groups is 1. The molecule has 1 aliphatic heterocycles. The molecule has 0 radical (unpaired) electrons. The normalized spacial score (nSPS) is 17.3. The summed E-state index contributed by atoms with van der Waals surface area (Å²) in [6.07, 6.45) is 1.23. The fourth-order valence-corrected chi connectivity index (χ4v) is 4.08. The number of alkyl halides is 1. The zero-order valence-electron chi connectivity index (χ0n) is 17.7. The van der Waals surface area contributed by atoms with Crippen LogP contribution < -0.4 is 16.0 Å². The number of halogens is 1. The molecule has 3 N–H and O–H groups in total. The second-order valence-corrected chi connectivity index (χ2v) is 8.94. The summed E-state index contributed by atoms with van der Waals surface area (Å²) in [5.41, 5.74) is 6.47. The number of benzene rings is 1. The number of primary amides is 1. The molecule has 0 saturated carbocycles. The largest absolute Gasteiger partial charge is 0.493 e. The van der Waals surface area contributed by atoms with Gasteiger partial charge in [0.2, 0.25) is 0 Å². The van der Waals surface area contributed by atoms with Crippen LogP contribution in [0.2, 0.25) is 0 Å². The number of amides is 1. The van der Waals surface area contributed by atoms with Crippen molar-refractivity contribution in [3.05, 3.63) is 52.9 Å². The number of H-pyrrole nitrogens is 1. The number of aromatic amines is 1. The van der Waals surface area contributed by atoms with Gasteiger partial charge in [-0.1, -0.05) is 13.8 Å². The maximum Gasteiger partial charge on any atom is 0.325 e. The summed E-state index contributed by atoms with van der Waals surface area (Å²) in [5.74, 6) is 0.721. The van der Waals surface area contributed by atoms with Crippen molar-refractivity contribution in [3.63, 3.8) is 0 Å². The summed E-state index contributed by atoms with van der Waals surface area (Å²) in [5, 5.41) is 0.888. The van der Waals surface area contributed by atoms with Gasteiger partial charge in [-0.2, -0.15) is 0 Å². The highest BCUT2D eigenvalue weighted by molar-refractivity contribution is 5.87. The van der Waals surface area contributed by atoms with Crippen molar-refractivity contribution in [2.45, 2.75) is 26.4 Å². The summed E-state index contributed by atoms with van der Waals surface area (Å²) in [4.78, 5) is 29.3. The van der Waals surface area contributed by atoms with E-state index in [4.69, 9.17) is 10.5 Å². The number of ether oxygens (including phenoxy) is 1. The van der Waals surface area contributed by atoms with Crippen molar-refractivity contribution in [1.29, 1.82) is 0 Å². The standard InChI is InChI=1S/C23H27FN4O3/c1-23(2,13-27-9-7-16(24)12-27)14-31-17-5-6-19-15(10-17)11-20(26-19)18-4-3-8-28(21(18)29)22(25)30/h3-6,8,10-11,16,26H,7,9,12-14H2,1-2H3,(H2,25,30)/t16-/m1/s1. The predicted octanol–water partition coefficient (Wildman–Crippen LogP) is 3.37. The lowest BCUT2D eigenvalue weighted by atomic mass is 9.94. The van der Waals surface area contributed by atoms with Gasteiger partial charge in [0, 0.05) is 42.1 Å². The number of carbonyl (C=O) groups excluding carboxylic acids is 1. The SMILES string of the molecule is CC(C)(COc1ccc2[nH]c(-c3cccn(C(N)=O)c3=O)cc2c1)CN1CC[C@@H](F)C1. The van der Waals surface area contributed by atoms with Crippen molar-refractivity contribution in [2.24, 2.45) is 11.1 Å². The Hall–Kier alpha value is -3.13. The molecule has 3 aromatic rings. The van der Waals surface area contributed by atoms with Crippen molar-refractivity contribution < 1.29 is 13.9 Å². The third-order valence-corrected chi connectivity index (χ3v) is 5.56. The van der Waals surface area contributed by atoms with Gasteiger partial charge in [0.25, 0.3) is 5.56 Å². The van der Waals surface area contributed by atoms with Crippen molar-refractivity contribution in [2.75, 3.05) is 26.2 Å². The van der Waals surface area contributed by atoms with Gasteiger partial charge in [0.1, 0.15) is 11.9 Å². The third kappa shape index (κ3) is 4.64. The van der Waals surface area contributed by atoms with Gasteiger partial charge in [0.05, 0.1) is 17.9 Å².